The minimum absolute atomic E-state index is 0.184. The number of benzene rings is 1. The van der Waals surface area contributed by atoms with Crippen molar-refractivity contribution >= 4 is 17.7 Å². The molecule has 2 amide bonds. The normalized spacial score (nSPS) is 11.7. The third-order valence-electron chi connectivity index (χ3n) is 2.31. The predicted molar refractivity (Wildman–Crippen MR) is 67.0 cm³/mol. The lowest BCUT2D eigenvalue weighted by atomic mass is 10.1. The molecule has 3 N–H and O–H groups in total. The summed E-state index contributed by atoms with van der Waals surface area (Å²) in [5, 5.41) is 13.3. The van der Waals surface area contributed by atoms with Gasteiger partial charge in [0.25, 0.3) is 0 Å². The monoisotopic (exact) mass is 306 g/mol. The number of alkyl halides is 3. The average Bonchev–Trinajstić information content (AvgIpc) is 2.28. The van der Waals surface area contributed by atoms with Crippen molar-refractivity contribution in [2.24, 2.45) is 0 Å². The summed E-state index contributed by atoms with van der Waals surface area (Å²) in [6, 6.07) is 3.62. The number of carbonyl (C=O) groups excluding carboxylic acids is 1. The lowest BCUT2D eigenvalue weighted by Gasteiger charge is -2.21. The van der Waals surface area contributed by atoms with Gasteiger partial charge in [-0.25, -0.2) is 9.59 Å². The van der Waals surface area contributed by atoms with Crippen molar-refractivity contribution in [1.82, 2.24) is 5.32 Å². The number of nitrogens with one attached hydrogen (secondary N) is 2. The number of carboxylic acid groups (broad SMARTS) is 1. The van der Waals surface area contributed by atoms with Gasteiger partial charge in [0.1, 0.15) is 11.3 Å². The van der Waals surface area contributed by atoms with Gasteiger partial charge >= 0.3 is 18.4 Å². The van der Waals surface area contributed by atoms with Crippen LogP contribution in [0.1, 0.15) is 13.8 Å². The maximum absolute atomic E-state index is 12.0. The molecule has 0 aliphatic carbocycles. The molecule has 0 unspecified atom stereocenters. The Hall–Kier alpha value is -2.45. The lowest BCUT2D eigenvalue weighted by molar-refractivity contribution is -0.274. The van der Waals surface area contributed by atoms with E-state index >= 15 is 0 Å². The van der Waals surface area contributed by atoms with E-state index in [4.69, 9.17) is 5.11 Å². The Morgan fingerprint density at radius 1 is 1.14 bits per heavy atom. The first-order valence-electron chi connectivity index (χ1n) is 5.68. The van der Waals surface area contributed by atoms with E-state index in [1.165, 1.54) is 26.0 Å². The highest BCUT2D eigenvalue weighted by molar-refractivity contribution is 5.93. The van der Waals surface area contributed by atoms with Gasteiger partial charge < -0.3 is 20.5 Å². The molecule has 0 fully saturated rings. The van der Waals surface area contributed by atoms with Crippen molar-refractivity contribution in [2.75, 3.05) is 5.32 Å². The number of rotatable bonds is 4. The van der Waals surface area contributed by atoms with Crippen LogP contribution in [0, 0.1) is 0 Å². The molecule has 0 radical (unpaired) electrons. The Kier molecular flexibility index (Phi) is 4.66. The van der Waals surface area contributed by atoms with Crippen molar-refractivity contribution in [3.05, 3.63) is 24.3 Å². The van der Waals surface area contributed by atoms with Crippen LogP contribution in [0.5, 0.6) is 5.75 Å². The molecule has 9 heteroatoms. The van der Waals surface area contributed by atoms with Crippen LogP contribution in [0.15, 0.2) is 24.3 Å². The average molecular weight is 306 g/mol. The van der Waals surface area contributed by atoms with Crippen molar-refractivity contribution in [1.29, 1.82) is 0 Å². The summed E-state index contributed by atoms with van der Waals surface area (Å²) in [6.07, 6.45) is -4.79. The third-order valence-corrected chi connectivity index (χ3v) is 2.31. The molecule has 1 rings (SSSR count). The summed E-state index contributed by atoms with van der Waals surface area (Å²) in [6.45, 7) is 2.57. The van der Waals surface area contributed by atoms with Crippen LogP contribution in [0.25, 0.3) is 0 Å². The van der Waals surface area contributed by atoms with Gasteiger partial charge in [0, 0.05) is 5.69 Å². The Bertz CT molecular complexity index is 526. The molecule has 0 saturated heterocycles. The Morgan fingerprint density at radius 3 is 2.10 bits per heavy atom. The fourth-order valence-corrected chi connectivity index (χ4v) is 1.24. The summed E-state index contributed by atoms with van der Waals surface area (Å²) < 4.78 is 39.5. The molecule has 0 heterocycles. The standard InChI is InChI=1S/C12H13F3N2O4/c1-11(2,9(18)19)17-10(20)16-7-3-5-8(6-4-7)21-12(13,14)15/h3-6H,1-2H3,(H,18,19)(H2,16,17,20). The van der Waals surface area contributed by atoms with Gasteiger partial charge in [-0.3, -0.25) is 0 Å². The second-order valence-corrected chi connectivity index (χ2v) is 4.58. The molecule has 0 saturated carbocycles. The largest absolute Gasteiger partial charge is 0.573 e. The number of amides is 2. The first-order valence-corrected chi connectivity index (χ1v) is 5.68. The van der Waals surface area contributed by atoms with Crippen LogP contribution < -0.4 is 15.4 Å². The topological polar surface area (TPSA) is 87.7 Å². The summed E-state index contributed by atoms with van der Waals surface area (Å²) in [5.74, 6) is -1.66. The van der Waals surface area contributed by atoms with E-state index in [2.05, 4.69) is 15.4 Å². The molecule has 21 heavy (non-hydrogen) atoms. The van der Waals surface area contributed by atoms with Crippen LogP contribution in [-0.4, -0.2) is 29.0 Å². The van der Waals surface area contributed by atoms with Gasteiger partial charge in [0.2, 0.25) is 0 Å². The lowest BCUT2D eigenvalue weighted by Crippen LogP contribution is -2.51. The minimum atomic E-state index is -4.79. The van der Waals surface area contributed by atoms with Crippen LogP contribution in [-0.2, 0) is 4.79 Å². The molecule has 116 valence electrons. The van der Waals surface area contributed by atoms with Crippen LogP contribution in [0.4, 0.5) is 23.7 Å². The van der Waals surface area contributed by atoms with Crippen molar-refractivity contribution in [3.63, 3.8) is 0 Å². The SMILES string of the molecule is CC(C)(NC(=O)Nc1ccc(OC(F)(F)F)cc1)C(=O)O. The smallest absolute Gasteiger partial charge is 0.480 e. The first kappa shape index (κ1) is 16.6. The zero-order chi connectivity index (χ0) is 16.3. The quantitative estimate of drug-likeness (QED) is 0.798. The fourth-order valence-electron chi connectivity index (χ4n) is 1.24. The second-order valence-electron chi connectivity index (χ2n) is 4.58. The Labute approximate surface area is 117 Å². The van der Waals surface area contributed by atoms with Crippen LogP contribution in [0.3, 0.4) is 0 Å². The van der Waals surface area contributed by atoms with E-state index < -0.39 is 29.7 Å². The summed E-state index contributed by atoms with van der Waals surface area (Å²) in [4.78, 5) is 22.4. The highest BCUT2D eigenvalue weighted by Crippen LogP contribution is 2.23. The Morgan fingerprint density at radius 2 is 1.67 bits per heavy atom. The highest BCUT2D eigenvalue weighted by Gasteiger charge is 2.31. The predicted octanol–water partition coefficient (Wildman–Crippen LogP) is 2.57. The van der Waals surface area contributed by atoms with E-state index in [0.717, 1.165) is 12.1 Å². The molecule has 1 aromatic rings. The Balaban J connectivity index is 2.64. The second kappa shape index (κ2) is 5.90. The van der Waals surface area contributed by atoms with E-state index in [1.54, 1.807) is 0 Å². The molecular weight excluding hydrogens is 293 g/mol. The van der Waals surface area contributed by atoms with E-state index in [0.29, 0.717) is 0 Å². The third kappa shape index (κ3) is 5.59. The molecule has 0 aromatic heterocycles. The number of ether oxygens (including phenoxy) is 1. The summed E-state index contributed by atoms with van der Waals surface area (Å²) in [7, 11) is 0. The summed E-state index contributed by atoms with van der Waals surface area (Å²) in [5.41, 5.74) is -1.30. The van der Waals surface area contributed by atoms with Gasteiger partial charge in [-0.1, -0.05) is 0 Å². The van der Waals surface area contributed by atoms with Gasteiger partial charge in [0.05, 0.1) is 0 Å². The number of anilines is 1. The zero-order valence-corrected chi connectivity index (χ0v) is 11.1. The van der Waals surface area contributed by atoms with E-state index in [1.807, 2.05) is 0 Å². The molecular formula is C12H13F3N2O4. The first-order chi connectivity index (χ1) is 9.49. The van der Waals surface area contributed by atoms with Crippen LogP contribution in [0.2, 0.25) is 0 Å². The minimum Gasteiger partial charge on any atom is -0.480 e. The fraction of sp³-hybridized carbons (Fsp3) is 0.333. The number of urea groups is 1. The molecule has 0 aliphatic rings. The highest BCUT2D eigenvalue weighted by atomic mass is 19.4. The van der Waals surface area contributed by atoms with Gasteiger partial charge in [-0.15, -0.1) is 13.2 Å². The maximum Gasteiger partial charge on any atom is 0.573 e. The van der Waals surface area contributed by atoms with Gasteiger partial charge in [-0.05, 0) is 38.1 Å². The molecule has 0 spiro atoms. The molecule has 0 aliphatic heterocycles. The number of hydrogen-bond acceptors (Lipinski definition) is 3. The van der Waals surface area contributed by atoms with E-state index in [9.17, 15) is 22.8 Å². The number of halogens is 3. The summed E-state index contributed by atoms with van der Waals surface area (Å²) >= 11 is 0. The van der Waals surface area contributed by atoms with Gasteiger partial charge in [0.15, 0.2) is 0 Å². The molecule has 1 aromatic carbocycles. The number of aliphatic carboxylic acids is 1. The molecule has 0 bridgehead atoms. The molecule has 0 atom stereocenters. The van der Waals surface area contributed by atoms with Crippen molar-refractivity contribution in [2.45, 2.75) is 25.7 Å². The number of hydrogen-bond donors (Lipinski definition) is 3. The number of carbonyl (C=O) groups is 2. The zero-order valence-electron chi connectivity index (χ0n) is 11.1. The van der Waals surface area contributed by atoms with Crippen molar-refractivity contribution < 1.29 is 32.6 Å². The van der Waals surface area contributed by atoms with Crippen LogP contribution >= 0.6 is 0 Å². The van der Waals surface area contributed by atoms with Crippen molar-refractivity contribution in [3.8, 4) is 5.75 Å². The van der Waals surface area contributed by atoms with Gasteiger partial charge in [-0.2, -0.15) is 0 Å². The number of carboxylic acids is 1. The maximum atomic E-state index is 12.0. The molecule has 6 nitrogen and oxygen atoms in total. The van der Waals surface area contributed by atoms with E-state index in [-0.39, 0.29) is 5.69 Å².